The standard InChI is InChI=1S/C21H26N2OS/c1-17(25-16-18-8-4-2-5-9-18)21(24)22-14-19-12-13-23(15-19)20-10-6-3-7-11-20/h2-11,17,19H,12-16H2,1H3,(H,22,24)/t17-,19-/m0/s1. The van der Waals surface area contributed by atoms with Crippen molar-refractivity contribution in [3.63, 3.8) is 0 Å². The second-order valence-electron chi connectivity index (χ2n) is 6.62. The highest BCUT2D eigenvalue weighted by Crippen LogP contribution is 2.23. The molecule has 0 unspecified atom stereocenters. The summed E-state index contributed by atoms with van der Waals surface area (Å²) < 4.78 is 0. The van der Waals surface area contributed by atoms with Gasteiger partial charge in [-0.25, -0.2) is 0 Å². The van der Waals surface area contributed by atoms with Crippen LogP contribution in [0.2, 0.25) is 0 Å². The van der Waals surface area contributed by atoms with Crippen molar-refractivity contribution < 1.29 is 4.79 Å². The molecule has 1 amide bonds. The van der Waals surface area contributed by atoms with Gasteiger partial charge in [-0.1, -0.05) is 48.5 Å². The van der Waals surface area contributed by atoms with Crippen LogP contribution in [-0.2, 0) is 10.5 Å². The lowest BCUT2D eigenvalue weighted by Gasteiger charge is -2.19. The topological polar surface area (TPSA) is 32.3 Å². The Morgan fingerprint density at radius 3 is 2.56 bits per heavy atom. The smallest absolute Gasteiger partial charge is 0.232 e. The Morgan fingerprint density at radius 2 is 1.84 bits per heavy atom. The maximum atomic E-state index is 12.3. The molecule has 132 valence electrons. The van der Waals surface area contributed by atoms with Gasteiger partial charge in [0, 0.05) is 31.1 Å². The van der Waals surface area contributed by atoms with Gasteiger partial charge in [-0.05, 0) is 37.0 Å². The number of rotatable bonds is 7. The molecule has 1 fully saturated rings. The monoisotopic (exact) mass is 354 g/mol. The Hall–Kier alpha value is -1.94. The zero-order valence-corrected chi connectivity index (χ0v) is 15.5. The van der Waals surface area contributed by atoms with Gasteiger partial charge in [-0.3, -0.25) is 4.79 Å². The maximum absolute atomic E-state index is 12.3. The summed E-state index contributed by atoms with van der Waals surface area (Å²) in [7, 11) is 0. The van der Waals surface area contributed by atoms with Crippen LogP contribution in [0, 0.1) is 5.92 Å². The first-order valence-corrected chi connectivity index (χ1v) is 10.0. The van der Waals surface area contributed by atoms with E-state index in [-0.39, 0.29) is 11.2 Å². The number of hydrogen-bond acceptors (Lipinski definition) is 3. The first-order valence-electron chi connectivity index (χ1n) is 8.95. The molecule has 4 heteroatoms. The summed E-state index contributed by atoms with van der Waals surface area (Å²) in [6.07, 6.45) is 1.14. The summed E-state index contributed by atoms with van der Waals surface area (Å²) in [5.41, 5.74) is 2.55. The predicted molar refractivity (Wildman–Crippen MR) is 107 cm³/mol. The van der Waals surface area contributed by atoms with Crippen LogP contribution < -0.4 is 10.2 Å². The van der Waals surface area contributed by atoms with Crippen molar-refractivity contribution in [2.24, 2.45) is 5.92 Å². The van der Waals surface area contributed by atoms with Crippen molar-refractivity contribution in [2.75, 3.05) is 24.5 Å². The van der Waals surface area contributed by atoms with Crippen LogP contribution in [-0.4, -0.2) is 30.8 Å². The normalized spacial score (nSPS) is 18.1. The van der Waals surface area contributed by atoms with Gasteiger partial charge in [0.1, 0.15) is 0 Å². The molecule has 1 aliphatic rings. The lowest BCUT2D eigenvalue weighted by atomic mass is 10.1. The van der Waals surface area contributed by atoms with Crippen molar-refractivity contribution >= 4 is 23.4 Å². The number of benzene rings is 2. The third kappa shape index (κ3) is 5.27. The first-order chi connectivity index (χ1) is 12.2. The number of anilines is 1. The minimum Gasteiger partial charge on any atom is -0.371 e. The summed E-state index contributed by atoms with van der Waals surface area (Å²) in [6, 6.07) is 20.8. The molecule has 0 saturated carbocycles. The van der Waals surface area contributed by atoms with Gasteiger partial charge < -0.3 is 10.2 Å². The quantitative estimate of drug-likeness (QED) is 0.817. The van der Waals surface area contributed by atoms with Gasteiger partial charge in [-0.2, -0.15) is 0 Å². The Bertz CT molecular complexity index is 662. The molecule has 0 spiro atoms. The second kappa shape index (κ2) is 8.95. The van der Waals surface area contributed by atoms with Gasteiger partial charge in [0.25, 0.3) is 0 Å². The number of carbonyl (C=O) groups excluding carboxylic acids is 1. The van der Waals surface area contributed by atoms with Gasteiger partial charge >= 0.3 is 0 Å². The molecule has 0 aromatic heterocycles. The van der Waals surface area contributed by atoms with Crippen LogP contribution in [0.15, 0.2) is 60.7 Å². The zero-order chi connectivity index (χ0) is 17.5. The third-order valence-corrected chi connectivity index (χ3v) is 5.90. The average Bonchev–Trinajstić information content (AvgIpc) is 3.15. The number of para-hydroxylation sites is 1. The molecule has 25 heavy (non-hydrogen) atoms. The number of nitrogens with one attached hydrogen (secondary N) is 1. The highest BCUT2D eigenvalue weighted by Gasteiger charge is 2.23. The predicted octanol–water partition coefficient (Wildman–Crippen LogP) is 3.95. The van der Waals surface area contributed by atoms with E-state index in [0.717, 1.165) is 31.8 Å². The fourth-order valence-electron chi connectivity index (χ4n) is 3.13. The second-order valence-corrected chi connectivity index (χ2v) is 7.95. The van der Waals surface area contributed by atoms with E-state index in [1.54, 1.807) is 11.8 Å². The molecular formula is C21H26N2OS. The summed E-state index contributed by atoms with van der Waals surface area (Å²) in [4.78, 5) is 14.7. The van der Waals surface area contributed by atoms with E-state index in [1.165, 1.54) is 11.3 Å². The third-order valence-electron chi connectivity index (χ3n) is 4.68. The minimum absolute atomic E-state index is 0.0214. The van der Waals surface area contributed by atoms with Crippen molar-refractivity contribution in [1.82, 2.24) is 5.32 Å². The Kier molecular flexibility index (Phi) is 6.40. The lowest BCUT2D eigenvalue weighted by molar-refractivity contribution is -0.120. The molecule has 2 aromatic rings. The summed E-state index contributed by atoms with van der Waals surface area (Å²) >= 11 is 1.70. The highest BCUT2D eigenvalue weighted by molar-refractivity contribution is 7.99. The summed E-state index contributed by atoms with van der Waals surface area (Å²) in [6.45, 7) is 4.87. The van der Waals surface area contributed by atoms with Gasteiger partial charge in [0.15, 0.2) is 0 Å². The van der Waals surface area contributed by atoms with Gasteiger partial charge in [-0.15, -0.1) is 11.8 Å². The molecule has 3 nitrogen and oxygen atoms in total. The van der Waals surface area contributed by atoms with E-state index < -0.39 is 0 Å². The van der Waals surface area contributed by atoms with Crippen LogP contribution >= 0.6 is 11.8 Å². The first kappa shape index (κ1) is 17.9. The number of nitrogens with zero attached hydrogens (tertiary/aromatic N) is 1. The summed E-state index contributed by atoms with van der Waals surface area (Å²) in [5, 5.41) is 3.12. The van der Waals surface area contributed by atoms with Crippen LogP contribution in [0.4, 0.5) is 5.69 Å². The molecular weight excluding hydrogens is 328 g/mol. The molecule has 1 saturated heterocycles. The molecule has 0 radical (unpaired) electrons. The molecule has 1 heterocycles. The van der Waals surface area contributed by atoms with E-state index in [4.69, 9.17) is 0 Å². The zero-order valence-electron chi connectivity index (χ0n) is 14.7. The lowest BCUT2D eigenvalue weighted by Crippen LogP contribution is -2.35. The van der Waals surface area contributed by atoms with Crippen LogP contribution in [0.5, 0.6) is 0 Å². The highest BCUT2D eigenvalue weighted by atomic mass is 32.2. The van der Waals surface area contributed by atoms with Gasteiger partial charge in [0.2, 0.25) is 5.91 Å². The van der Waals surface area contributed by atoms with E-state index >= 15 is 0 Å². The molecule has 2 aromatic carbocycles. The Balaban J connectivity index is 1.39. The van der Waals surface area contributed by atoms with Gasteiger partial charge in [0.05, 0.1) is 5.25 Å². The van der Waals surface area contributed by atoms with E-state index in [2.05, 4.69) is 46.6 Å². The molecule has 0 aliphatic carbocycles. The summed E-state index contributed by atoms with van der Waals surface area (Å²) in [5.74, 6) is 1.57. The SMILES string of the molecule is C[C@H](SCc1ccccc1)C(=O)NC[C@@H]1CCN(c2ccccc2)C1. The van der Waals surface area contributed by atoms with E-state index in [9.17, 15) is 4.79 Å². The number of amides is 1. The van der Waals surface area contributed by atoms with Crippen molar-refractivity contribution in [1.29, 1.82) is 0 Å². The number of hydrogen-bond donors (Lipinski definition) is 1. The Labute approximate surface area is 154 Å². The number of carbonyl (C=O) groups is 1. The molecule has 1 aliphatic heterocycles. The van der Waals surface area contributed by atoms with E-state index in [0.29, 0.717) is 5.92 Å². The van der Waals surface area contributed by atoms with Crippen molar-refractivity contribution in [2.45, 2.75) is 24.3 Å². The van der Waals surface area contributed by atoms with E-state index in [1.807, 2.05) is 31.2 Å². The Morgan fingerprint density at radius 1 is 1.16 bits per heavy atom. The van der Waals surface area contributed by atoms with Crippen molar-refractivity contribution in [3.05, 3.63) is 66.2 Å². The fraction of sp³-hybridized carbons (Fsp3) is 0.381. The molecule has 0 bridgehead atoms. The maximum Gasteiger partial charge on any atom is 0.232 e. The molecule has 1 N–H and O–H groups in total. The van der Waals surface area contributed by atoms with Crippen LogP contribution in [0.3, 0.4) is 0 Å². The van der Waals surface area contributed by atoms with Crippen LogP contribution in [0.1, 0.15) is 18.9 Å². The van der Waals surface area contributed by atoms with Crippen LogP contribution in [0.25, 0.3) is 0 Å². The fourth-order valence-corrected chi connectivity index (χ4v) is 4.00. The number of thioether (sulfide) groups is 1. The minimum atomic E-state index is -0.0214. The molecule has 2 atom stereocenters. The van der Waals surface area contributed by atoms with Crippen molar-refractivity contribution in [3.8, 4) is 0 Å². The molecule has 3 rings (SSSR count). The largest absolute Gasteiger partial charge is 0.371 e. The average molecular weight is 355 g/mol.